The summed E-state index contributed by atoms with van der Waals surface area (Å²) in [4.78, 5) is 24.5. The zero-order chi connectivity index (χ0) is 12.7. The molecule has 2 aliphatic rings. The number of hydrogen-bond acceptors (Lipinski definition) is 3. The van der Waals surface area contributed by atoms with E-state index < -0.39 is 0 Å². The van der Waals surface area contributed by atoms with E-state index in [-0.39, 0.29) is 11.7 Å². The Bertz CT molecular complexity index is 541. The number of carbonyl (C=O) groups is 2. The highest BCUT2D eigenvalue weighted by atomic mass is 79.9. The van der Waals surface area contributed by atoms with Gasteiger partial charge in [0, 0.05) is 36.0 Å². The Kier molecular flexibility index (Phi) is 2.86. The topological polar surface area (TPSA) is 46.6 Å². The average molecular weight is 310 g/mol. The minimum atomic E-state index is -0.373. The van der Waals surface area contributed by atoms with Crippen LogP contribution in [0.25, 0.3) is 0 Å². The van der Waals surface area contributed by atoms with Gasteiger partial charge in [0.2, 0.25) is 5.78 Å². The molecule has 1 fully saturated rings. The molecule has 0 N–H and O–H groups in total. The SMILES string of the molecule is O=C1CCN(Cc2cc(Br)cc3c2OCC3)C1=O. The lowest BCUT2D eigenvalue weighted by atomic mass is 10.1. The number of benzene rings is 1. The van der Waals surface area contributed by atoms with Crippen molar-refractivity contribution in [1.82, 2.24) is 4.90 Å². The zero-order valence-corrected chi connectivity index (χ0v) is 11.3. The number of nitrogens with zero attached hydrogens (tertiary/aromatic N) is 1. The lowest BCUT2D eigenvalue weighted by Gasteiger charge is -2.17. The van der Waals surface area contributed by atoms with Crippen LogP contribution in [-0.4, -0.2) is 29.7 Å². The van der Waals surface area contributed by atoms with E-state index in [4.69, 9.17) is 4.74 Å². The Hall–Kier alpha value is -1.36. The van der Waals surface area contributed by atoms with E-state index >= 15 is 0 Å². The van der Waals surface area contributed by atoms with Gasteiger partial charge in [0.1, 0.15) is 5.75 Å². The monoisotopic (exact) mass is 309 g/mol. The molecule has 4 nitrogen and oxygen atoms in total. The maximum atomic E-state index is 11.6. The van der Waals surface area contributed by atoms with E-state index in [1.54, 1.807) is 4.90 Å². The molecular weight excluding hydrogens is 298 g/mol. The Morgan fingerprint density at radius 1 is 1.28 bits per heavy atom. The molecule has 1 amide bonds. The van der Waals surface area contributed by atoms with Crippen molar-refractivity contribution in [3.8, 4) is 5.75 Å². The van der Waals surface area contributed by atoms with Gasteiger partial charge in [0.25, 0.3) is 5.91 Å². The maximum Gasteiger partial charge on any atom is 0.290 e. The third-order valence-electron chi connectivity index (χ3n) is 3.32. The second kappa shape index (κ2) is 4.39. The first-order valence-corrected chi connectivity index (χ1v) is 6.70. The predicted octanol–water partition coefficient (Wildman–Crippen LogP) is 1.69. The second-order valence-electron chi connectivity index (χ2n) is 4.55. The van der Waals surface area contributed by atoms with Crippen LogP contribution in [0.5, 0.6) is 5.75 Å². The third kappa shape index (κ3) is 1.92. The fourth-order valence-electron chi connectivity index (χ4n) is 2.44. The van der Waals surface area contributed by atoms with E-state index in [2.05, 4.69) is 15.9 Å². The number of likely N-dealkylation sites (tertiary alicyclic amines) is 1. The Morgan fingerprint density at radius 2 is 2.11 bits per heavy atom. The molecule has 0 saturated carbocycles. The van der Waals surface area contributed by atoms with Crippen LogP contribution in [0.2, 0.25) is 0 Å². The molecule has 0 aliphatic carbocycles. The third-order valence-corrected chi connectivity index (χ3v) is 3.78. The first kappa shape index (κ1) is 11.7. The van der Waals surface area contributed by atoms with Gasteiger partial charge >= 0.3 is 0 Å². The Labute approximate surface area is 113 Å². The van der Waals surface area contributed by atoms with E-state index in [1.165, 1.54) is 0 Å². The quantitative estimate of drug-likeness (QED) is 0.781. The number of ether oxygens (including phenoxy) is 1. The number of ketones is 1. The highest BCUT2D eigenvalue weighted by Crippen LogP contribution is 2.34. The highest BCUT2D eigenvalue weighted by Gasteiger charge is 2.30. The van der Waals surface area contributed by atoms with Gasteiger partial charge in [-0.05, 0) is 17.7 Å². The molecule has 2 aliphatic heterocycles. The van der Waals surface area contributed by atoms with E-state index in [1.807, 2.05) is 12.1 Å². The van der Waals surface area contributed by atoms with Crippen molar-refractivity contribution in [2.24, 2.45) is 0 Å². The van der Waals surface area contributed by atoms with E-state index in [0.29, 0.717) is 26.1 Å². The molecule has 3 rings (SSSR count). The van der Waals surface area contributed by atoms with Crippen LogP contribution in [0.4, 0.5) is 0 Å². The van der Waals surface area contributed by atoms with Gasteiger partial charge in [0.15, 0.2) is 0 Å². The van der Waals surface area contributed by atoms with Crippen LogP contribution in [0.1, 0.15) is 17.5 Å². The van der Waals surface area contributed by atoms with Gasteiger partial charge < -0.3 is 9.64 Å². The molecule has 0 spiro atoms. The summed E-state index contributed by atoms with van der Waals surface area (Å²) in [5.74, 6) is 0.217. The lowest BCUT2D eigenvalue weighted by molar-refractivity contribution is -0.140. The normalized spacial score (nSPS) is 18.2. The number of hydrogen-bond donors (Lipinski definition) is 0. The molecule has 1 saturated heterocycles. The molecule has 0 atom stereocenters. The van der Waals surface area contributed by atoms with Crippen LogP contribution in [0, 0.1) is 0 Å². The molecule has 5 heteroatoms. The molecule has 1 aromatic rings. The molecule has 2 heterocycles. The van der Waals surface area contributed by atoms with Gasteiger partial charge in [0.05, 0.1) is 6.61 Å². The highest BCUT2D eigenvalue weighted by molar-refractivity contribution is 9.10. The summed E-state index contributed by atoms with van der Waals surface area (Å²) >= 11 is 3.47. The minimum absolute atomic E-state index is 0.289. The summed E-state index contributed by atoms with van der Waals surface area (Å²) in [6.07, 6.45) is 1.23. The number of rotatable bonds is 2. The van der Waals surface area contributed by atoms with Gasteiger partial charge in [-0.25, -0.2) is 0 Å². The van der Waals surface area contributed by atoms with Gasteiger partial charge in [-0.2, -0.15) is 0 Å². The standard InChI is InChI=1S/C13H12BrNO3/c14-10-5-8-2-4-18-12(8)9(6-10)7-15-3-1-11(16)13(15)17/h5-6H,1-4,7H2. The Balaban J connectivity index is 1.89. The fourth-order valence-corrected chi connectivity index (χ4v) is 2.99. The minimum Gasteiger partial charge on any atom is -0.493 e. The molecule has 0 bridgehead atoms. The summed E-state index contributed by atoms with van der Waals surface area (Å²) < 4.78 is 6.60. The van der Waals surface area contributed by atoms with Crippen LogP contribution in [-0.2, 0) is 22.6 Å². The summed E-state index contributed by atoms with van der Waals surface area (Å²) in [5, 5.41) is 0. The number of amides is 1. The van der Waals surface area contributed by atoms with Crippen LogP contribution < -0.4 is 4.74 Å². The van der Waals surface area contributed by atoms with Crippen molar-refractivity contribution < 1.29 is 14.3 Å². The summed E-state index contributed by atoms with van der Waals surface area (Å²) in [6.45, 7) is 1.65. The molecule has 94 valence electrons. The van der Waals surface area contributed by atoms with Crippen molar-refractivity contribution >= 4 is 27.6 Å². The molecule has 18 heavy (non-hydrogen) atoms. The molecule has 0 aromatic heterocycles. The van der Waals surface area contributed by atoms with Gasteiger partial charge in [-0.15, -0.1) is 0 Å². The molecule has 0 radical (unpaired) electrons. The first-order chi connectivity index (χ1) is 8.65. The number of halogens is 1. The van der Waals surface area contributed by atoms with Crippen LogP contribution in [0.15, 0.2) is 16.6 Å². The fraction of sp³-hybridized carbons (Fsp3) is 0.385. The zero-order valence-electron chi connectivity index (χ0n) is 9.74. The summed E-state index contributed by atoms with van der Waals surface area (Å²) in [6, 6.07) is 4.00. The predicted molar refractivity (Wildman–Crippen MR) is 68.4 cm³/mol. The van der Waals surface area contributed by atoms with E-state index in [9.17, 15) is 9.59 Å². The summed E-state index contributed by atoms with van der Waals surface area (Å²) in [7, 11) is 0. The van der Waals surface area contributed by atoms with Crippen LogP contribution in [0.3, 0.4) is 0 Å². The smallest absolute Gasteiger partial charge is 0.290 e. The number of carbonyl (C=O) groups excluding carboxylic acids is 2. The molecular formula is C13H12BrNO3. The molecule has 1 aromatic carbocycles. The maximum absolute atomic E-state index is 11.6. The Morgan fingerprint density at radius 3 is 2.83 bits per heavy atom. The largest absolute Gasteiger partial charge is 0.493 e. The molecule has 0 unspecified atom stereocenters. The van der Waals surface area contributed by atoms with Gasteiger partial charge in [-0.3, -0.25) is 9.59 Å². The lowest BCUT2D eigenvalue weighted by Crippen LogP contribution is -2.27. The van der Waals surface area contributed by atoms with Gasteiger partial charge in [-0.1, -0.05) is 15.9 Å². The second-order valence-corrected chi connectivity index (χ2v) is 5.47. The van der Waals surface area contributed by atoms with Crippen molar-refractivity contribution in [3.05, 3.63) is 27.7 Å². The first-order valence-electron chi connectivity index (χ1n) is 5.91. The summed E-state index contributed by atoms with van der Waals surface area (Å²) in [5.41, 5.74) is 2.14. The number of Topliss-reactive ketones (excluding diaryl/α,β-unsaturated/α-hetero) is 1. The van der Waals surface area contributed by atoms with Crippen molar-refractivity contribution in [1.29, 1.82) is 0 Å². The van der Waals surface area contributed by atoms with E-state index in [0.717, 1.165) is 27.8 Å². The van der Waals surface area contributed by atoms with Crippen molar-refractivity contribution in [3.63, 3.8) is 0 Å². The van der Waals surface area contributed by atoms with Crippen molar-refractivity contribution in [2.45, 2.75) is 19.4 Å². The van der Waals surface area contributed by atoms with Crippen molar-refractivity contribution in [2.75, 3.05) is 13.2 Å². The average Bonchev–Trinajstić information content (AvgIpc) is 2.90. The number of fused-ring (bicyclic) bond motifs is 1. The van der Waals surface area contributed by atoms with Crippen LogP contribution >= 0.6 is 15.9 Å².